The van der Waals surface area contributed by atoms with E-state index >= 15 is 9.59 Å². The first-order valence-electron chi connectivity index (χ1n) is 27.6. The Morgan fingerprint density at radius 1 is 0.493 bits per heavy atom. The van der Waals surface area contributed by atoms with Gasteiger partial charge in [-0.05, 0) is 207 Å². The van der Waals surface area contributed by atoms with E-state index in [0.29, 0.717) is 38.5 Å². The smallest absolute Gasteiger partial charge is 0.309 e. The zero-order chi connectivity index (χ0) is 50.7. The number of carboxylic acids is 2. The molecule has 8 fully saturated rings. The molecule has 10 aliphatic rings. The molecular weight excluding hydrogens is 881 g/mol. The molecule has 8 saturated carbocycles. The highest BCUT2D eigenvalue weighted by Gasteiger charge is 2.74. The third-order valence-corrected chi connectivity index (χ3v) is 27.9. The summed E-state index contributed by atoms with van der Waals surface area (Å²) in [5.74, 6) is -1.26. The summed E-state index contributed by atoms with van der Waals surface area (Å²) in [5, 5.41) is 46.0. The Balaban J connectivity index is 0.990. The molecule has 9 heteroatoms. The van der Waals surface area contributed by atoms with Crippen LogP contribution in [0.4, 0.5) is 0 Å². The number of carbonyl (C=O) groups is 4. The molecule has 0 bridgehead atoms. The van der Waals surface area contributed by atoms with Crippen molar-refractivity contribution in [3.8, 4) is 0 Å². The molecule has 0 unspecified atom stereocenters. The van der Waals surface area contributed by atoms with Gasteiger partial charge in [0, 0.05) is 22.3 Å². The molecule has 69 heavy (non-hydrogen) atoms. The van der Waals surface area contributed by atoms with E-state index in [0.717, 1.165) is 64.2 Å². The summed E-state index contributed by atoms with van der Waals surface area (Å²) >= 11 is 1.76. The van der Waals surface area contributed by atoms with Crippen LogP contribution in [0.5, 0.6) is 0 Å². The zero-order valence-corrected chi connectivity index (χ0v) is 45.9. The molecule has 0 aromatic rings. The van der Waals surface area contributed by atoms with Gasteiger partial charge in [-0.3, -0.25) is 19.2 Å². The van der Waals surface area contributed by atoms with Crippen molar-refractivity contribution in [2.45, 2.75) is 222 Å². The molecule has 384 valence electrons. The van der Waals surface area contributed by atoms with E-state index in [9.17, 15) is 30.0 Å². The Morgan fingerprint density at radius 3 is 1.16 bits per heavy atom. The van der Waals surface area contributed by atoms with Crippen molar-refractivity contribution < 1.29 is 39.6 Å². The average molecular weight is 971 g/mol. The summed E-state index contributed by atoms with van der Waals surface area (Å²) in [7, 11) is 0. The lowest BCUT2D eigenvalue weighted by Crippen LogP contribution is -2.69. The van der Waals surface area contributed by atoms with Crippen LogP contribution in [0.3, 0.4) is 0 Å². The molecule has 0 heterocycles. The number of allylic oxidation sites excluding steroid dienone is 4. The minimum absolute atomic E-state index is 0.0284. The molecule has 4 N–H and O–H groups in total. The Morgan fingerprint density at radius 2 is 0.826 bits per heavy atom. The van der Waals surface area contributed by atoms with Gasteiger partial charge in [-0.2, -0.15) is 0 Å². The number of fused-ring (bicyclic) bond motifs is 14. The van der Waals surface area contributed by atoms with Crippen LogP contribution < -0.4 is 0 Å². The summed E-state index contributed by atoms with van der Waals surface area (Å²) in [5.41, 5.74) is -2.31. The van der Waals surface area contributed by atoms with Gasteiger partial charge in [-0.15, -0.1) is 11.8 Å². The number of hydrogen-bond donors (Lipinski definition) is 4. The van der Waals surface area contributed by atoms with Crippen molar-refractivity contribution in [1.29, 1.82) is 0 Å². The summed E-state index contributed by atoms with van der Waals surface area (Å²) in [6.45, 7) is 31.8. The lowest BCUT2D eigenvalue weighted by Gasteiger charge is -2.71. The number of carboxylic acid groups (broad SMARTS) is 2. The molecule has 10 rings (SSSR count). The SMILES string of the molecule is CC1(C)[C@@H](O)[C@@H](S[C@H]2C[C@]3(C)[C@H]4C(=O)C=C5[C@@H]6C[C@@](C)(C(=O)O)CC[C@]6(C)CC[C@@]5(C)[C@]4(C)CC[C@H]3C(C)(C)[C@H]2O)C[C@]2(C)[C@H]3C(=O)C=C4[C@@H]5C[C@@](C)(C(=O)O)CC[C@]5(C)CC[C@@]4(C)[C@]3(C)CC[C@@H]12. The predicted molar refractivity (Wildman–Crippen MR) is 272 cm³/mol. The summed E-state index contributed by atoms with van der Waals surface area (Å²) in [4.78, 5) is 56.3. The van der Waals surface area contributed by atoms with Gasteiger partial charge >= 0.3 is 11.9 Å². The van der Waals surface area contributed by atoms with Gasteiger partial charge in [-0.25, -0.2) is 0 Å². The second kappa shape index (κ2) is 14.9. The minimum Gasteiger partial charge on any atom is -0.481 e. The molecule has 0 spiro atoms. The van der Waals surface area contributed by atoms with Crippen LogP contribution in [0.1, 0.15) is 200 Å². The number of aliphatic hydroxyl groups is 2. The number of aliphatic carboxylic acids is 2. The third kappa shape index (κ3) is 6.26. The van der Waals surface area contributed by atoms with E-state index in [1.165, 1.54) is 11.1 Å². The zero-order valence-electron chi connectivity index (χ0n) is 45.1. The number of carbonyl (C=O) groups excluding carboxylic acids is 2. The fraction of sp³-hybridized carbons (Fsp3) is 0.867. The highest BCUT2D eigenvalue weighted by atomic mass is 32.2. The van der Waals surface area contributed by atoms with Crippen molar-refractivity contribution >= 4 is 35.3 Å². The first-order chi connectivity index (χ1) is 31.6. The number of thioether (sulfide) groups is 1. The maximum atomic E-state index is 15.4. The maximum Gasteiger partial charge on any atom is 0.309 e. The fourth-order valence-electron chi connectivity index (χ4n) is 21.4. The quantitative estimate of drug-likeness (QED) is 0.216. The topological polar surface area (TPSA) is 149 Å². The van der Waals surface area contributed by atoms with E-state index in [1.54, 1.807) is 11.8 Å². The number of aliphatic hydroxyl groups excluding tert-OH is 2. The van der Waals surface area contributed by atoms with Crippen LogP contribution in [-0.4, -0.2) is 66.6 Å². The molecule has 8 nitrogen and oxygen atoms in total. The second-order valence-corrected chi connectivity index (χ2v) is 31.8. The van der Waals surface area contributed by atoms with Crippen LogP contribution >= 0.6 is 11.8 Å². The third-order valence-electron chi connectivity index (χ3n) is 26.4. The monoisotopic (exact) mass is 971 g/mol. The molecule has 0 aromatic heterocycles. The molecular formula is C60H90O8S. The number of rotatable bonds is 4. The van der Waals surface area contributed by atoms with Gasteiger partial charge in [-0.1, -0.05) is 94.2 Å². The minimum atomic E-state index is -0.811. The molecule has 0 amide bonds. The number of hydrogen-bond acceptors (Lipinski definition) is 7. The van der Waals surface area contributed by atoms with Crippen LogP contribution in [0.2, 0.25) is 0 Å². The van der Waals surface area contributed by atoms with Crippen molar-refractivity contribution in [3.63, 3.8) is 0 Å². The van der Waals surface area contributed by atoms with Crippen molar-refractivity contribution in [2.75, 3.05) is 0 Å². The Kier molecular flexibility index (Phi) is 10.9. The molecule has 10 aliphatic carbocycles. The van der Waals surface area contributed by atoms with E-state index in [-0.39, 0.29) is 90.1 Å². The van der Waals surface area contributed by atoms with Crippen LogP contribution in [0, 0.1) is 100 Å². The van der Waals surface area contributed by atoms with Crippen molar-refractivity contribution in [3.05, 3.63) is 23.3 Å². The van der Waals surface area contributed by atoms with Crippen LogP contribution in [0.15, 0.2) is 23.3 Å². The molecule has 0 aliphatic heterocycles. The Bertz CT molecular complexity index is 2170. The van der Waals surface area contributed by atoms with Gasteiger partial charge in [0.2, 0.25) is 0 Å². The van der Waals surface area contributed by atoms with Gasteiger partial charge in [0.05, 0.1) is 23.0 Å². The first kappa shape index (κ1) is 50.6. The highest BCUT2D eigenvalue weighted by Crippen LogP contribution is 2.78. The molecule has 0 aromatic carbocycles. The largest absolute Gasteiger partial charge is 0.481 e. The van der Waals surface area contributed by atoms with Gasteiger partial charge in [0.1, 0.15) is 0 Å². The number of ketones is 2. The Hall–Kier alpha value is -1.97. The van der Waals surface area contributed by atoms with E-state index < -0.39 is 56.6 Å². The van der Waals surface area contributed by atoms with Crippen LogP contribution in [-0.2, 0) is 19.2 Å². The molecule has 0 radical (unpaired) electrons. The van der Waals surface area contributed by atoms with Gasteiger partial charge in [0.15, 0.2) is 11.6 Å². The summed E-state index contributed by atoms with van der Waals surface area (Å²) in [6.07, 6.45) is 15.9. The molecule has 20 atom stereocenters. The molecule has 0 saturated heterocycles. The standard InChI is InChI=1S/C60H90O8S/c1-49(2)41-15-17-59(13)43(37(61)27-33-35-29-53(7,47(65)66)21-19-51(35,5)23-25-57(33,59)11)55(41,9)31-39(45(49)63)69-40-32-56(10)42(50(3,4)46(40)64)16-18-60(14)44(56)38(62)28-34-36-30-54(8,48(67)68)22-20-52(36,6)24-26-58(34,60)12/h27-28,35-36,39-46,63-64H,15-26,29-32H2,1-14H3,(H,65,66)(H,67,68)/t35-,36-,39-,40-,41-,42-,43+,44+,45-,46-,51+,52+,53-,54-,55-,56-,57+,58+,59+,60+/m0/s1. The van der Waals surface area contributed by atoms with Crippen molar-refractivity contribution in [2.24, 2.45) is 100 Å². The normalized spacial score (nSPS) is 55.9. The lowest BCUT2D eigenvalue weighted by atomic mass is 9.33. The van der Waals surface area contributed by atoms with E-state index in [1.807, 2.05) is 26.0 Å². The summed E-state index contributed by atoms with van der Waals surface area (Å²) in [6, 6.07) is 0. The lowest BCUT2D eigenvalue weighted by molar-refractivity contribution is -0.202. The fourth-order valence-corrected chi connectivity index (χ4v) is 23.8. The summed E-state index contributed by atoms with van der Waals surface area (Å²) < 4.78 is 0. The van der Waals surface area contributed by atoms with Crippen molar-refractivity contribution in [1.82, 2.24) is 0 Å². The average Bonchev–Trinajstić information content (AvgIpc) is 3.24. The first-order valence-corrected chi connectivity index (χ1v) is 28.5. The highest BCUT2D eigenvalue weighted by molar-refractivity contribution is 8.00. The van der Waals surface area contributed by atoms with E-state index in [2.05, 4.69) is 83.1 Å². The maximum absolute atomic E-state index is 15.4. The van der Waals surface area contributed by atoms with Gasteiger partial charge < -0.3 is 20.4 Å². The second-order valence-electron chi connectivity index (χ2n) is 30.3. The van der Waals surface area contributed by atoms with Crippen LogP contribution in [0.25, 0.3) is 0 Å². The predicted octanol–water partition coefficient (Wildman–Crippen LogP) is 12.5. The van der Waals surface area contributed by atoms with E-state index in [4.69, 9.17) is 0 Å². The Labute approximate surface area is 419 Å². The van der Waals surface area contributed by atoms with Gasteiger partial charge in [0.25, 0.3) is 0 Å².